The number of rotatable bonds is 3. The summed E-state index contributed by atoms with van der Waals surface area (Å²) in [6.45, 7) is 3.10. The summed E-state index contributed by atoms with van der Waals surface area (Å²) >= 11 is 0. The van der Waals surface area contributed by atoms with E-state index in [1.807, 2.05) is 6.07 Å². The minimum absolute atomic E-state index is 0.145. The van der Waals surface area contributed by atoms with E-state index < -0.39 is 5.97 Å². The van der Waals surface area contributed by atoms with Gasteiger partial charge < -0.3 is 5.11 Å². The number of likely N-dealkylation sites (tertiary alicyclic amines) is 1. The largest absolute Gasteiger partial charge is 0.477 e. The number of pyridine rings is 1. The van der Waals surface area contributed by atoms with Crippen LogP contribution in [0.2, 0.25) is 0 Å². The summed E-state index contributed by atoms with van der Waals surface area (Å²) in [7, 11) is 0. The molecule has 1 saturated heterocycles. The van der Waals surface area contributed by atoms with Gasteiger partial charge in [-0.2, -0.15) is 0 Å². The van der Waals surface area contributed by atoms with Crippen LogP contribution in [0.25, 0.3) is 0 Å². The normalized spacial score (nSPS) is 27.3. The average molecular weight is 246 g/mol. The number of aromatic nitrogens is 1. The number of carboxylic acid groups (broad SMARTS) is 1. The van der Waals surface area contributed by atoms with Crippen LogP contribution in [0.5, 0.6) is 0 Å². The number of hydrogen-bond acceptors (Lipinski definition) is 3. The standard InChI is InChI=1S/C14H18N2O2/c17-14(18)13-6-2-5-12(15-13)9-16-7-10-3-1-4-11(10)8-16/h2,5-6,10-11H,1,3-4,7-9H2,(H,17,18). The first-order valence-electron chi connectivity index (χ1n) is 6.64. The molecule has 18 heavy (non-hydrogen) atoms. The highest BCUT2D eigenvalue weighted by molar-refractivity contribution is 5.85. The van der Waals surface area contributed by atoms with Gasteiger partial charge in [0.2, 0.25) is 0 Å². The summed E-state index contributed by atoms with van der Waals surface area (Å²) in [6, 6.07) is 5.24. The van der Waals surface area contributed by atoms with E-state index in [1.54, 1.807) is 12.1 Å². The lowest BCUT2D eigenvalue weighted by Gasteiger charge is -2.16. The maximum Gasteiger partial charge on any atom is 0.354 e. The molecular formula is C14H18N2O2. The zero-order chi connectivity index (χ0) is 12.5. The lowest BCUT2D eigenvalue weighted by Crippen LogP contribution is -2.22. The van der Waals surface area contributed by atoms with E-state index in [4.69, 9.17) is 5.11 Å². The van der Waals surface area contributed by atoms with E-state index in [1.165, 1.54) is 19.3 Å². The number of carbonyl (C=O) groups is 1. The second-order valence-electron chi connectivity index (χ2n) is 5.46. The molecule has 1 aliphatic carbocycles. The van der Waals surface area contributed by atoms with E-state index in [9.17, 15) is 4.79 Å². The average Bonchev–Trinajstić information content (AvgIpc) is 2.90. The van der Waals surface area contributed by atoms with Gasteiger partial charge in [-0.25, -0.2) is 9.78 Å². The molecule has 0 amide bonds. The van der Waals surface area contributed by atoms with Crippen molar-refractivity contribution in [2.24, 2.45) is 11.8 Å². The van der Waals surface area contributed by atoms with Crippen molar-refractivity contribution in [3.05, 3.63) is 29.6 Å². The van der Waals surface area contributed by atoms with E-state index in [0.717, 1.165) is 37.2 Å². The lowest BCUT2D eigenvalue weighted by molar-refractivity contribution is 0.0690. The molecular weight excluding hydrogens is 228 g/mol. The van der Waals surface area contributed by atoms with Crippen LogP contribution in [0.3, 0.4) is 0 Å². The molecule has 0 aromatic carbocycles. The van der Waals surface area contributed by atoms with Crippen molar-refractivity contribution in [3.63, 3.8) is 0 Å². The molecule has 1 N–H and O–H groups in total. The minimum Gasteiger partial charge on any atom is -0.477 e. The Morgan fingerprint density at radius 3 is 2.72 bits per heavy atom. The highest BCUT2D eigenvalue weighted by atomic mass is 16.4. The minimum atomic E-state index is -0.949. The predicted octanol–water partition coefficient (Wildman–Crippen LogP) is 2.01. The Bertz CT molecular complexity index is 449. The van der Waals surface area contributed by atoms with E-state index in [0.29, 0.717) is 0 Å². The van der Waals surface area contributed by atoms with Crippen LogP contribution in [-0.4, -0.2) is 34.0 Å². The van der Waals surface area contributed by atoms with Crippen molar-refractivity contribution in [2.75, 3.05) is 13.1 Å². The van der Waals surface area contributed by atoms with Gasteiger partial charge in [-0.15, -0.1) is 0 Å². The highest BCUT2D eigenvalue weighted by Crippen LogP contribution is 2.37. The second-order valence-corrected chi connectivity index (χ2v) is 5.46. The highest BCUT2D eigenvalue weighted by Gasteiger charge is 2.35. The summed E-state index contributed by atoms with van der Waals surface area (Å²) in [5, 5.41) is 8.93. The maximum absolute atomic E-state index is 10.9. The fraction of sp³-hybridized carbons (Fsp3) is 0.571. The first-order valence-corrected chi connectivity index (χ1v) is 6.64. The van der Waals surface area contributed by atoms with Crippen LogP contribution >= 0.6 is 0 Å². The summed E-state index contributed by atoms with van der Waals surface area (Å²) in [5.41, 5.74) is 1.02. The molecule has 2 heterocycles. The molecule has 1 aromatic rings. The number of carboxylic acids is 1. The molecule has 4 heteroatoms. The third-order valence-electron chi connectivity index (χ3n) is 4.21. The quantitative estimate of drug-likeness (QED) is 0.886. The van der Waals surface area contributed by atoms with Gasteiger partial charge in [0, 0.05) is 19.6 Å². The van der Waals surface area contributed by atoms with Gasteiger partial charge >= 0.3 is 5.97 Å². The zero-order valence-corrected chi connectivity index (χ0v) is 10.4. The summed E-state index contributed by atoms with van der Waals surface area (Å²) < 4.78 is 0. The molecule has 0 bridgehead atoms. The molecule has 0 radical (unpaired) electrons. The van der Waals surface area contributed by atoms with E-state index >= 15 is 0 Å². The van der Waals surface area contributed by atoms with Gasteiger partial charge in [-0.3, -0.25) is 4.90 Å². The van der Waals surface area contributed by atoms with Crippen molar-refractivity contribution in [2.45, 2.75) is 25.8 Å². The Kier molecular flexibility index (Phi) is 3.04. The fourth-order valence-electron chi connectivity index (χ4n) is 3.38. The first kappa shape index (κ1) is 11.7. The second kappa shape index (κ2) is 4.69. The van der Waals surface area contributed by atoms with E-state index in [-0.39, 0.29) is 5.69 Å². The molecule has 96 valence electrons. The Labute approximate surface area is 107 Å². The Hall–Kier alpha value is -1.42. The molecule has 0 spiro atoms. The van der Waals surface area contributed by atoms with Crippen molar-refractivity contribution >= 4 is 5.97 Å². The monoisotopic (exact) mass is 246 g/mol. The van der Waals surface area contributed by atoms with Gasteiger partial charge in [-0.1, -0.05) is 12.5 Å². The van der Waals surface area contributed by atoms with Crippen LogP contribution in [0.1, 0.15) is 35.4 Å². The van der Waals surface area contributed by atoms with Crippen LogP contribution < -0.4 is 0 Å². The molecule has 2 atom stereocenters. The van der Waals surface area contributed by atoms with Crippen molar-refractivity contribution < 1.29 is 9.90 Å². The summed E-state index contributed by atoms with van der Waals surface area (Å²) in [4.78, 5) is 17.5. The molecule has 1 aliphatic heterocycles. The van der Waals surface area contributed by atoms with Gasteiger partial charge in [0.15, 0.2) is 0 Å². The molecule has 1 aromatic heterocycles. The topological polar surface area (TPSA) is 53.4 Å². The van der Waals surface area contributed by atoms with Gasteiger partial charge in [0.1, 0.15) is 5.69 Å². The van der Waals surface area contributed by atoms with Crippen molar-refractivity contribution in [3.8, 4) is 0 Å². The van der Waals surface area contributed by atoms with Crippen LogP contribution in [0.4, 0.5) is 0 Å². The van der Waals surface area contributed by atoms with E-state index in [2.05, 4.69) is 9.88 Å². The Morgan fingerprint density at radius 2 is 2.06 bits per heavy atom. The molecule has 2 aliphatic rings. The molecule has 1 saturated carbocycles. The summed E-state index contributed by atoms with van der Waals surface area (Å²) in [5.74, 6) is 0.787. The molecule has 2 fully saturated rings. The van der Waals surface area contributed by atoms with Crippen molar-refractivity contribution in [1.29, 1.82) is 0 Å². The predicted molar refractivity (Wildman–Crippen MR) is 67.3 cm³/mol. The molecule has 2 unspecified atom stereocenters. The van der Waals surface area contributed by atoms with Gasteiger partial charge in [0.05, 0.1) is 5.69 Å². The van der Waals surface area contributed by atoms with Gasteiger partial charge in [0.25, 0.3) is 0 Å². The van der Waals surface area contributed by atoms with Crippen LogP contribution in [0, 0.1) is 11.8 Å². The Balaban J connectivity index is 1.66. The SMILES string of the molecule is O=C(O)c1cccc(CN2CC3CCCC3C2)n1. The number of aromatic carboxylic acids is 1. The fourth-order valence-corrected chi connectivity index (χ4v) is 3.38. The molecule has 4 nitrogen and oxygen atoms in total. The Morgan fingerprint density at radius 1 is 1.33 bits per heavy atom. The third-order valence-corrected chi connectivity index (χ3v) is 4.21. The third kappa shape index (κ3) is 2.25. The first-order chi connectivity index (χ1) is 8.72. The van der Waals surface area contributed by atoms with Crippen molar-refractivity contribution in [1.82, 2.24) is 9.88 Å². The summed E-state index contributed by atoms with van der Waals surface area (Å²) in [6.07, 6.45) is 4.11. The van der Waals surface area contributed by atoms with Gasteiger partial charge in [-0.05, 0) is 36.8 Å². The smallest absolute Gasteiger partial charge is 0.354 e. The lowest BCUT2D eigenvalue weighted by atomic mass is 10.0. The zero-order valence-electron chi connectivity index (χ0n) is 10.4. The van der Waals surface area contributed by atoms with Crippen LogP contribution in [0.15, 0.2) is 18.2 Å². The van der Waals surface area contributed by atoms with Crippen LogP contribution in [-0.2, 0) is 6.54 Å². The number of hydrogen-bond donors (Lipinski definition) is 1. The maximum atomic E-state index is 10.9. The molecule has 3 rings (SSSR count). The number of fused-ring (bicyclic) bond motifs is 1. The number of nitrogens with zero attached hydrogens (tertiary/aromatic N) is 2.